The molecule has 2 heterocycles. The lowest BCUT2D eigenvalue weighted by molar-refractivity contribution is 0.421. The van der Waals surface area contributed by atoms with Crippen LogP contribution in [-0.2, 0) is 6.54 Å². The Hall–Kier alpha value is -1.07. The Labute approximate surface area is 109 Å². The lowest BCUT2D eigenvalue weighted by Gasteiger charge is -2.19. The van der Waals surface area contributed by atoms with Gasteiger partial charge in [-0.2, -0.15) is 0 Å². The predicted molar refractivity (Wildman–Crippen MR) is 68.5 cm³/mol. The molecule has 0 atom stereocenters. The Kier molecular flexibility index (Phi) is 3.40. The van der Waals surface area contributed by atoms with Crippen LogP contribution in [0.4, 0.5) is 0 Å². The van der Waals surface area contributed by atoms with Crippen LogP contribution in [0, 0.1) is 0 Å². The number of nitrogens with zero attached hydrogens (tertiary/aromatic N) is 1. The summed E-state index contributed by atoms with van der Waals surface area (Å²) >= 11 is 3.30. The molecule has 2 aromatic heterocycles. The van der Waals surface area contributed by atoms with E-state index >= 15 is 0 Å². The van der Waals surface area contributed by atoms with E-state index in [0.717, 1.165) is 11.3 Å². The fourth-order valence-electron chi connectivity index (χ4n) is 1.31. The normalized spacial score (nSPS) is 12.0. The van der Waals surface area contributed by atoms with Crippen molar-refractivity contribution in [2.24, 2.45) is 0 Å². The SMILES string of the molecule is CC(C)(C)NCc1coc(-c2ccoc2Br)n1. The molecule has 1 N–H and O–H groups in total. The zero-order chi connectivity index (χ0) is 12.5. The topological polar surface area (TPSA) is 51.2 Å². The first-order chi connectivity index (χ1) is 7.96. The van der Waals surface area contributed by atoms with E-state index in [9.17, 15) is 0 Å². The first kappa shape index (κ1) is 12.4. The van der Waals surface area contributed by atoms with Crippen LogP contribution in [-0.4, -0.2) is 10.5 Å². The van der Waals surface area contributed by atoms with Crippen LogP contribution in [0.25, 0.3) is 11.5 Å². The van der Waals surface area contributed by atoms with E-state index in [-0.39, 0.29) is 5.54 Å². The van der Waals surface area contributed by atoms with Crippen molar-refractivity contribution in [1.29, 1.82) is 0 Å². The van der Waals surface area contributed by atoms with Gasteiger partial charge in [0.05, 0.1) is 17.5 Å². The van der Waals surface area contributed by atoms with Crippen molar-refractivity contribution in [2.75, 3.05) is 0 Å². The Balaban J connectivity index is 2.09. The van der Waals surface area contributed by atoms with Crippen LogP contribution in [0.1, 0.15) is 26.5 Å². The minimum atomic E-state index is 0.0648. The van der Waals surface area contributed by atoms with Crippen LogP contribution in [0.15, 0.2) is 32.1 Å². The van der Waals surface area contributed by atoms with Crippen LogP contribution in [0.2, 0.25) is 0 Å². The first-order valence-corrected chi connectivity index (χ1v) is 6.18. The molecule has 0 aromatic carbocycles. The molecule has 0 aliphatic heterocycles. The number of oxazole rings is 1. The molecule has 2 rings (SSSR count). The summed E-state index contributed by atoms with van der Waals surface area (Å²) < 4.78 is 11.2. The molecule has 0 amide bonds. The lowest BCUT2D eigenvalue weighted by atomic mass is 10.1. The highest BCUT2D eigenvalue weighted by atomic mass is 79.9. The van der Waals surface area contributed by atoms with E-state index in [1.165, 1.54) is 0 Å². The molecule has 0 bridgehead atoms. The molecule has 4 nitrogen and oxygen atoms in total. The second kappa shape index (κ2) is 4.66. The zero-order valence-electron chi connectivity index (χ0n) is 10.1. The number of nitrogens with one attached hydrogen (secondary N) is 1. The van der Waals surface area contributed by atoms with Crippen LogP contribution < -0.4 is 5.32 Å². The van der Waals surface area contributed by atoms with Gasteiger partial charge in [0.1, 0.15) is 6.26 Å². The van der Waals surface area contributed by atoms with Crippen molar-refractivity contribution >= 4 is 15.9 Å². The van der Waals surface area contributed by atoms with E-state index in [1.54, 1.807) is 12.5 Å². The standard InChI is InChI=1S/C12H15BrN2O2/c1-12(2,3)14-6-8-7-17-11(15-8)9-4-5-16-10(9)13/h4-5,7,14H,6H2,1-3H3. The third-order valence-electron chi connectivity index (χ3n) is 2.20. The molecule has 0 radical (unpaired) electrons. The largest absolute Gasteiger partial charge is 0.457 e. The molecule has 0 aliphatic rings. The minimum absolute atomic E-state index is 0.0648. The fraction of sp³-hybridized carbons (Fsp3) is 0.417. The van der Waals surface area contributed by atoms with E-state index < -0.39 is 0 Å². The van der Waals surface area contributed by atoms with Gasteiger partial charge in [0.2, 0.25) is 5.89 Å². The summed E-state index contributed by atoms with van der Waals surface area (Å²) in [5, 5.41) is 3.35. The highest BCUT2D eigenvalue weighted by Gasteiger charge is 2.14. The van der Waals surface area contributed by atoms with Gasteiger partial charge in [0.15, 0.2) is 4.67 Å². The molecule has 92 valence electrons. The van der Waals surface area contributed by atoms with Crippen LogP contribution >= 0.6 is 15.9 Å². The fourth-order valence-corrected chi connectivity index (χ4v) is 1.72. The third kappa shape index (κ3) is 3.20. The van der Waals surface area contributed by atoms with Crippen LogP contribution in [0.5, 0.6) is 0 Å². The summed E-state index contributed by atoms with van der Waals surface area (Å²) in [6.07, 6.45) is 3.25. The summed E-state index contributed by atoms with van der Waals surface area (Å²) in [6.45, 7) is 7.02. The Morgan fingerprint density at radius 1 is 1.35 bits per heavy atom. The van der Waals surface area contributed by atoms with Crippen LogP contribution in [0.3, 0.4) is 0 Å². The Morgan fingerprint density at radius 3 is 2.71 bits per heavy atom. The number of furan rings is 1. The molecule has 0 spiro atoms. The molecule has 17 heavy (non-hydrogen) atoms. The highest BCUT2D eigenvalue weighted by Crippen LogP contribution is 2.28. The number of aromatic nitrogens is 1. The van der Waals surface area contributed by atoms with Gasteiger partial charge in [-0.05, 0) is 42.8 Å². The number of halogens is 1. The molecule has 2 aromatic rings. The molecule has 0 unspecified atom stereocenters. The maximum Gasteiger partial charge on any atom is 0.230 e. The molecular weight excluding hydrogens is 284 g/mol. The quantitative estimate of drug-likeness (QED) is 0.941. The van der Waals surface area contributed by atoms with Gasteiger partial charge in [-0.1, -0.05) is 0 Å². The van der Waals surface area contributed by atoms with Gasteiger partial charge in [-0.3, -0.25) is 0 Å². The number of rotatable bonds is 3. The second-order valence-electron chi connectivity index (χ2n) is 4.86. The summed E-state index contributed by atoms with van der Waals surface area (Å²) in [5.41, 5.74) is 1.77. The summed E-state index contributed by atoms with van der Waals surface area (Å²) in [7, 11) is 0. The van der Waals surface area contributed by atoms with Crippen molar-refractivity contribution < 1.29 is 8.83 Å². The summed E-state index contributed by atoms with van der Waals surface area (Å²) in [6, 6.07) is 1.82. The predicted octanol–water partition coefficient (Wildman–Crippen LogP) is 3.59. The molecular formula is C12H15BrN2O2. The van der Waals surface area contributed by atoms with E-state index in [1.807, 2.05) is 6.07 Å². The van der Waals surface area contributed by atoms with Crippen molar-refractivity contribution in [3.63, 3.8) is 0 Å². The van der Waals surface area contributed by atoms with Crippen molar-refractivity contribution in [3.05, 3.63) is 29.0 Å². The average molecular weight is 299 g/mol. The van der Waals surface area contributed by atoms with Gasteiger partial charge in [-0.15, -0.1) is 0 Å². The Bertz CT molecular complexity index is 497. The average Bonchev–Trinajstić information content (AvgIpc) is 2.81. The molecule has 0 saturated carbocycles. The zero-order valence-corrected chi connectivity index (χ0v) is 11.7. The number of hydrogen-bond donors (Lipinski definition) is 1. The van der Waals surface area contributed by atoms with Crippen molar-refractivity contribution in [2.45, 2.75) is 32.9 Å². The van der Waals surface area contributed by atoms with Crippen molar-refractivity contribution in [1.82, 2.24) is 10.3 Å². The maximum absolute atomic E-state index is 5.41. The lowest BCUT2D eigenvalue weighted by Crippen LogP contribution is -2.35. The minimum Gasteiger partial charge on any atom is -0.457 e. The van der Waals surface area contributed by atoms with Gasteiger partial charge in [0.25, 0.3) is 0 Å². The smallest absolute Gasteiger partial charge is 0.230 e. The van der Waals surface area contributed by atoms with E-state index in [0.29, 0.717) is 17.1 Å². The molecule has 0 aliphatic carbocycles. The first-order valence-electron chi connectivity index (χ1n) is 5.38. The van der Waals surface area contributed by atoms with Crippen molar-refractivity contribution in [3.8, 4) is 11.5 Å². The highest BCUT2D eigenvalue weighted by molar-refractivity contribution is 9.10. The van der Waals surface area contributed by atoms with Gasteiger partial charge >= 0.3 is 0 Å². The van der Waals surface area contributed by atoms with Gasteiger partial charge < -0.3 is 14.2 Å². The van der Waals surface area contributed by atoms with E-state index in [4.69, 9.17) is 8.83 Å². The number of hydrogen-bond acceptors (Lipinski definition) is 4. The maximum atomic E-state index is 5.41. The van der Waals surface area contributed by atoms with E-state index in [2.05, 4.69) is 47.0 Å². The molecule has 0 fully saturated rings. The molecule has 0 saturated heterocycles. The second-order valence-corrected chi connectivity index (χ2v) is 5.58. The monoisotopic (exact) mass is 298 g/mol. The summed E-state index contributed by atoms with van der Waals surface area (Å²) in [5.74, 6) is 0.566. The third-order valence-corrected chi connectivity index (χ3v) is 2.81. The van der Waals surface area contributed by atoms with Gasteiger partial charge in [-0.25, -0.2) is 4.98 Å². The summed E-state index contributed by atoms with van der Waals surface area (Å²) in [4.78, 5) is 4.40. The Morgan fingerprint density at radius 2 is 2.12 bits per heavy atom. The molecule has 5 heteroatoms. The van der Waals surface area contributed by atoms with Gasteiger partial charge in [0, 0.05) is 12.1 Å².